The lowest BCUT2D eigenvalue weighted by atomic mass is 10.2. The third-order valence-corrected chi connectivity index (χ3v) is 3.04. The highest BCUT2D eigenvalue weighted by Crippen LogP contribution is 2.33. The smallest absolute Gasteiger partial charge is 0.235 e. The first kappa shape index (κ1) is 7.24. The lowest BCUT2D eigenvalue weighted by Gasteiger charge is -2.30. The summed E-state index contributed by atoms with van der Waals surface area (Å²) >= 11 is 0. The summed E-state index contributed by atoms with van der Waals surface area (Å²) in [7, 11) is 1.90. The van der Waals surface area contributed by atoms with E-state index in [1.807, 2.05) is 13.2 Å². The standard InChI is InChI=1S/C9H13N3O/c1-11-9-10-7-3-2-4-8(7)12(9)5-6-13-11/h5-8H,2-4H2,1H3/t7-,8+/m1/s1. The molecule has 1 saturated carbocycles. The molecular formula is C9H13N3O. The van der Waals surface area contributed by atoms with Crippen LogP contribution in [-0.2, 0) is 4.84 Å². The van der Waals surface area contributed by atoms with E-state index in [9.17, 15) is 0 Å². The van der Waals surface area contributed by atoms with Crippen LogP contribution in [0.25, 0.3) is 0 Å². The second kappa shape index (κ2) is 2.40. The van der Waals surface area contributed by atoms with Crippen molar-refractivity contribution in [3.8, 4) is 0 Å². The van der Waals surface area contributed by atoms with Crippen LogP contribution in [0.4, 0.5) is 0 Å². The molecule has 4 nitrogen and oxygen atoms in total. The summed E-state index contributed by atoms with van der Waals surface area (Å²) in [6, 6.07) is 1.10. The first-order valence-electron chi connectivity index (χ1n) is 4.79. The molecule has 0 bridgehead atoms. The predicted molar refractivity (Wildman–Crippen MR) is 48.7 cm³/mol. The van der Waals surface area contributed by atoms with Crippen molar-refractivity contribution >= 4 is 5.96 Å². The van der Waals surface area contributed by atoms with Crippen molar-refractivity contribution in [2.24, 2.45) is 4.99 Å². The number of rotatable bonds is 0. The molecule has 0 saturated heterocycles. The second-order valence-corrected chi connectivity index (χ2v) is 3.79. The minimum Gasteiger partial charge on any atom is -0.383 e. The summed E-state index contributed by atoms with van der Waals surface area (Å²) in [6.07, 6.45) is 7.51. The zero-order valence-corrected chi connectivity index (χ0v) is 7.68. The number of fused-ring (bicyclic) bond motifs is 3. The number of hydrogen-bond donors (Lipinski definition) is 0. The van der Waals surface area contributed by atoms with Crippen LogP contribution in [0.2, 0.25) is 0 Å². The highest BCUT2D eigenvalue weighted by Gasteiger charge is 2.41. The van der Waals surface area contributed by atoms with Crippen molar-refractivity contribution in [3.63, 3.8) is 0 Å². The maximum atomic E-state index is 5.24. The number of guanidine groups is 1. The Morgan fingerprint density at radius 2 is 2.46 bits per heavy atom. The molecule has 0 amide bonds. The van der Waals surface area contributed by atoms with Gasteiger partial charge in [0.1, 0.15) is 6.26 Å². The van der Waals surface area contributed by atoms with E-state index in [-0.39, 0.29) is 0 Å². The minimum absolute atomic E-state index is 0.504. The molecule has 0 unspecified atom stereocenters. The first-order valence-corrected chi connectivity index (χ1v) is 4.79. The van der Waals surface area contributed by atoms with Gasteiger partial charge in [-0.1, -0.05) is 0 Å². The molecule has 0 aromatic carbocycles. The van der Waals surface area contributed by atoms with Gasteiger partial charge in [0.2, 0.25) is 5.96 Å². The molecule has 3 aliphatic rings. The third-order valence-electron chi connectivity index (χ3n) is 3.04. The van der Waals surface area contributed by atoms with E-state index in [4.69, 9.17) is 4.84 Å². The average Bonchev–Trinajstić information content (AvgIpc) is 2.65. The van der Waals surface area contributed by atoms with Gasteiger partial charge in [-0.3, -0.25) is 0 Å². The quantitative estimate of drug-likeness (QED) is 0.553. The monoisotopic (exact) mass is 179 g/mol. The molecule has 3 rings (SSSR count). The summed E-state index contributed by atoms with van der Waals surface area (Å²) in [6.45, 7) is 0. The molecule has 1 aliphatic carbocycles. The van der Waals surface area contributed by atoms with Crippen LogP contribution in [0.15, 0.2) is 17.5 Å². The van der Waals surface area contributed by atoms with E-state index in [0.717, 1.165) is 5.96 Å². The Morgan fingerprint density at radius 1 is 1.54 bits per heavy atom. The van der Waals surface area contributed by atoms with Crippen LogP contribution in [0, 0.1) is 0 Å². The van der Waals surface area contributed by atoms with Gasteiger partial charge in [0.15, 0.2) is 0 Å². The largest absolute Gasteiger partial charge is 0.383 e. The normalized spacial score (nSPS) is 35.6. The summed E-state index contributed by atoms with van der Waals surface area (Å²) in [4.78, 5) is 12.1. The van der Waals surface area contributed by atoms with Gasteiger partial charge in [0, 0.05) is 13.2 Å². The molecule has 70 valence electrons. The Morgan fingerprint density at radius 3 is 3.38 bits per heavy atom. The topological polar surface area (TPSA) is 28.1 Å². The van der Waals surface area contributed by atoms with Crippen molar-refractivity contribution in [1.82, 2.24) is 9.96 Å². The molecule has 13 heavy (non-hydrogen) atoms. The molecule has 2 atom stereocenters. The molecule has 1 fully saturated rings. The van der Waals surface area contributed by atoms with Gasteiger partial charge >= 0.3 is 0 Å². The summed E-state index contributed by atoms with van der Waals surface area (Å²) < 4.78 is 0. The average molecular weight is 179 g/mol. The number of aliphatic imine (C=N–C) groups is 1. The van der Waals surface area contributed by atoms with Crippen LogP contribution in [0.3, 0.4) is 0 Å². The van der Waals surface area contributed by atoms with E-state index >= 15 is 0 Å². The van der Waals surface area contributed by atoms with Crippen molar-refractivity contribution < 1.29 is 4.84 Å². The van der Waals surface area contributed by atoms with Crippen molar-refractivity contribution in [2.45, 2.75) is 31.3 Å². The van der Waals surface area contributed by atoms with Gasteiger partial charge in [0.05, 0.1) is 12.1 Å². The van der Waals surface area contributed by atoms with Crippen LogP contribution in [0.1, 0.15) is 19.3 Å². The maximum absolute atomic E-state index is 5.24. The van der Waals surface area contributed by atoms with Gasteiger partial charge in [0.25, 0.3) is 0 Å². The van der Waals surface area contributed by atoms with E-state index in [0.29, 0.717) is 12.1 Å². The van der Waals surface area contributed by atoms with Gasteiger partial charge in [-0.05, 0) is 19.3 Å². The molecule has 2 aliphatic heterocycles. The molecule has 0 radical (unpaired) electrons. The third kappa shape index (κ3) is 0.884. The predicted octanol–water partition coefficient (Wildman–Crippen LogP) is 0.927. The minimum atomic E-state index is 0.504. The van der Waals surface area contributed by atoms with Crippen LogP contribution in [-0.4, -0.2) is 35.1 Å². The lowest BCUT2D eigenvalue weighted by molar-refractivity contribution is -0.0293. The Bertz CT molecular complexity index is 287. The number of hydrogen-bond acceptors (Lipinski definition) is 4. The molecular weight excluding hydrogens is 166 g/mol. The molecule has 0 N–H and O–H groups in total. The van der Waals surface area contributed by atoms with Crippen LogP contribution < -0.4 is 0 Å². The molecule has 0 spiro atoms. The van der Waals surface area contributed by atoms with Crippen molar-refractivity contribution in [3.05, 3.63) is 12.5 Å². The second-order valence-electron chi connectivity index (χ2n) is 3.79. The SMILES string of the molecule is CN1OC=CN2C1=N[C@@H]1CCC[C@@H]12. The summed E-state index contributed by atoms with van der Waals surface area (Å²) in [5.41, 5.74) is 0. The van der Waals surface area contributed by atoms with Crippen molar-refractivity contribution in [2.75, 3.05) is 7.05 Å². The maximum Gasteiger partial charge on any atom is 0.235 e. The van der Waals surface area contributed by atoms with Gasteiger partial charge in [-0.15, -0.1) is 0 Å². The molecule has 0 aromatic rings. The molecule has 2 heterocycles. The van der Waals surface area contributed by atoms with Gasteiger partial charge in [-0.2, -0.15) is 5.06 Å². The summed E-state index contributed by atoms with van der Waals surface area (Å²) in [5.74, 6) is 0.970. The van der Waals surface area contributed by atoms with E-state index in [1.54, 1.807) is 11.3 Å². The lowest BCUT2D eigenvalue weighted by Crippen LogP contribution is -2.42. The number of hydroxylamine groups is 2. The Kier molecular flexibility index (Phi) is 1.34. The fourth-order valence-corrected chi connectivity index (χ4v) is 2.41. The van der Waals surface area contributed by atoms with E-state index in [1.165, 1.54) is 19.3 Å². The van der Waals surface area contributed by atoms with E-state index < -0.39 is 0 Å². The molecule has 4 heteroatoms. The Labute approximate surface area is 77.4 Å². The van der Waals surface area contributed by atoms with Gasteiger partial charge in [-0.25, -0.2) is 4.99 Å². The van der Waals surface area contributed by atoms with Crippen LogP contribution >= 0.6 is 0 Å². The van der Waals surface area contributed by atoms with E-state index in [2.05, 4.69) is 9.89 Å². The van der Waals surface area contributed by atoms with Crippen molar-refractivity contribution in [1.29, 1.82) is 0 Å². The zero-order valence-electron chi connectivity index (χ0n) is 7.68. The Hall–Kier alpha value is -1.19. The Balaban J connectivity index is 1.96. The highest BCUT2D eigenvalue weighted by atomic mass is 16.7. The number of nitrogens with zero attached hydrogens (tertiary/aromatic N) is 3. The van der Waals surface area contributed by atoms with Crippen LogP contribution in [0.5, 0.6) is 0 Å². The summed E-state index contributed by atoms with van der Waals surface area (Å²) in [5, 5.41) is 1.73. The fourth-order valence-electron chi connectivity index (χ4n) is 2.41. The molecule has 0 aromatic heterocycles. The first-order chi connectivity index (χ1) is 6.36. The van der Waals surface area contributed by atoms with Gasteiger partial charge < -0.3 is 9.74 Å². The highest BCUT2D eigenvalue weighted by molar-refractivity contribution is 5.83. The zero-order chi connectivity index (χ0) is 8.84. The fraction of sp³-hybridized carbons (Fsp3) is 0.667.